The molecule has 1 rings (SSSR count). The highest BCUT2D eigenvalue weighted by atomic mass is 16.3. The number of phenols is 1. The van der Waals surface area contributed by atoms with E-state index in [-0.39, 0.29) is 11.8 Å². The number of carbonyl (C=O) groups excluding carboxylic acids is 1. The van der Waals surface area contributed by atoms with Crippen LogP contribution in [0.1, 0.15) is 19.8 Å². The summed E-state index contributed by atoms with van der Waals surface area (Å²) in [7, 11) is 3.71. The second kappa shape index (κ2) is 6.74. The first-order chi connectivity index (χ1) is 8.56. The average molecular weight is 251 g/mol. The summed E-state index contributed by atoms with van der Waals surface area (Å²) in [5.74, 6) is 0.0619. The smallest absolute Gasteiger partial charge is 0.319 e. The summed E-state index contributed by atoms with van der Waals surface area (Å²) in [4.78, 5) is 13.5. The predicted octanol–water partition coefficient (Wildman–Crippen LogP) is 2.38. The van der Waals surface area contributed by atoms with Gasteiger partial charge in [0, 0.05) is 20.6 Å². The van der Waals surface area contributed by atoms with E-state index in [0.717, 1.165) is 18.5 Å². The molecule has 1 aromatic rings. The lowest BCUT2D eigenvalue weighted by Crippen LogP contribution is -2.30. The van der Waals surface area contributed by atoms with E-state index in [1.54, 1.807) is 12.1 Å². The molecule has 0 saturated heterocycles. The number of hydrogen-bond acceptors (Lipinski definition) is 3. The van der Waals surface area contributed by atoms with E-state index < -0.39 is 0 Å². The molecule has 2 amide bonds. The zero-order chi connectivity index (χ0) is 13.5. The van der Waals surface area contributed by atoms with Gasteiger partial charge in [0.2, 0.25) is 0 Å². The molecule has 0 fully saturated rings. The number of amides is 2. The van der Waals surface area contributed by atoms with Crippen LogP contribution in [0.15, 0.2) is 18.2 Å². The number of anilines is 2. The van der Waals surface area contributed by atoms with Crippen molar-refractivity contribution in [1.82, 2.24) is 5.32 Å². The lowest BCUT2D eigenvalue weighted by Gasteiger charge is -2.19. The highest BCUT2D eigenvalue weighted by Gasteiger charge is 2.11. The summed E-state index contributed by atoms with van der Waals surface area (Å²) >= 11 is 0. The molecule has 5 nitrogen and oxygen atoms in total. The molecule has 3 N–H and O–H groups in total. The number of rotatable bonds is 5. The van der Waals surface area contributed by atoms with Crippen LogP contribution >= 0.6 is 0 Å². The predicted molar refractivity (Wildman–Crippen MR) is 74.4 cm³/mol. The molecule has 0 radical (unpaired) electrons. The van der Waals surface area contributed by atoms with Crippen LogP contribution in [0.4, 0.5) is 16.2 Å². The number of aromatic hydroxyl groups is 1. The molecule has 0 saturated carbocycles. The van der Waals surface area contributed by atoms with Gasteiger partial charge in [0.25, 0.3) is 0 Å². The van der Waals surface area contributed by atoms with E-state index in [1.165, 1.54) is 0 Å². The van der Waals surface area contributed by atoms with Crippen molar-refractivity contribution in [3.8, 4) is 5.75 Å². The van der Waals surface area contributed by atoms with E-state index in [2.05, 4.69) is 17.6 Å². The van der Waals surface area contributed by atoms with Crippen LogP contribution in [0.3, 0.4) is 0 Å². The SMILES string of the molecule is CCCCNC(=O)Nc1c(O)cccc1N(C)C. The van der Waals surface area contributed by atoms with Crippen LogP contribution in [0.2, 0.25) is 0 Å². The molecule has 0 bridgehead atoms. The number of urea groups is 1. The maximum absolute atomic E-state index is 11.7. The van der Waals surface area contributed by atoms with E-state index in [9.17, 15) is 9.90 Å². The van der Waals surface area contributed by atoms with Gasteiger partial charge in [-0.3, -0.25) is 0 Å². The van der Waals surface area contributed by atoms with E-state index >= 15 is 0 Å². The number of phenolic OH excluding ortho intramolecular Hbond substituents is 1. The first-order valence-corrected chi connectivity index (χ1v) is 6.10. The van der Waals surface area contributed by atoms with Crippen LogP contribution in [0.5, 0.6) is 5.75 Å². The first kappa shape index (κ1) is 14.2. The Hall–Kier alpha value is -1.91. The topological polar surface area (TPSA) is 64.6 Å². The van der Waals surface area contributed by atoms with Gasteiger partial charge in [0.1, 0.15) is 11.4 Å². The Labute approximate surface area is 108 Å². The summed E-state index contributed by atoms with van der Waals surface area (Å²) in [5.41, 5.74) is 1.19. The third-order valence-electron chi connectivity index (χ3n) is 2.56. The van der Waals surface area contributed by atoms with E-state index in [4.69, 9.17) is 0 Å². The van der Waals surface area contributed by atoms with Gasteiger partial charge in [-0.25, -0.2) is 4.79 Å². The van der Waals surface area contributed by atoms with Crippen molar-refractivity contribution in [2.45, 2.75) is 19.8 Å². The standard InChI is InChI=1S/C13H21N3O2/c1-4-5-9-14-13(18)15-12-10(16(2)3)7-6-8-11(12)17/h6-8,17H,4-5,9H2,1-3H3,(H2,14,15,18). The van der Waals surface area contributed by atoms with Crippen molar-refractivity contribution in [3.05, 3.63) is 18.2 Å². The molecule has 0 unspecified atom stereocenters. The fraction of sp³-hybridized carbons (Fsp3) is 0.462. The van der Waals surface area contributed by atoms with E-state index in [0.29, 0.717) is 12.2 Å². The van der Waals surface area contributed by atoms with E-state index in [1.807, 2.05) is 25.1 Å². The summed E-state index contributed by atoms with van der Waals surface area (Å²) in [6.45, 7) is 2.69. The van der Waals surface area contributed by atoms with Crippen LogP contribution < -0.4 is 15.5 Å². The Morgan fingerprint density at radius 2 is 2.11 bits per heavy atom. The van der Waals surface area contributed by atoms with Crippen molar-refractivity contribution < 1.29 is 9.90 Å². The normalized spacial score (nSPS) is 9.94. The molecular formula is C13H21N3O2. The fourth-order valence-corrected chi connectivity index (χ4v) is 1.57. The number of carbonyl (C=O) groups is 1. The number of benzene rings is 1. The molecule has 18 heavy (non-hydrogen) atoms. The zero-order valence-corrected chi connectivity index (χ0v) is 11.2. The molecule has 0 aromatic heterocycles. The van der Waals surface area contributed by atoms with Crippen LogP contribution in [-0.2, 0) is 0 Å². The first-order valence-electron chi connectivity index (χ1n) is 6.10. The Kier molecular flexibility index (Phi) is 5.30. The molecule has 5 heteroatoms. The molecule has 0 aliphatic carbocycles. The molecule has 0 aliphatic rings. The third-order valence-corrected chi connectivity index (χ3v) is 2.56. The van der Waals surface area contributed by atoms with Crippen molar-refractivity contribution in [2.75, 3.05) is 30.9 Å². The Bertz CT molecular complexity index is 405. The van der Waals surface area contributed by atoms with Crippen molar-refractivity contribution in [3.63, 3.8) is 0 Å². The van der Waals surface area contributed by atoms with Gasteiger partial charge in [-0.05, 0) is 18.6 Å². The van der Waals surface area contributed by atoms with Gasteiger partial charge in [0.05, 0.1) is 5.69 Å². The van der Waals surface area contributed by atoms with Crippen molar-refractivity contribution >= 4 is 17.4 Å². The third kappa shape index (κ3) is 3.84. The van der Waals surface area contributed by atoms with Crippen LogP contribution in [-0.4, -0.2) is 31.8 Å². The minimum Gasteiger partial charge on any atom is -0.506 e. The highest BCUT2D eigenvalue weighted by molar-refractivity contribution is 5.95. The average Bonchev–Trinajstić information content (AvgIpc) is 2.31. The molecule has 0 spiro atoms. The molecular weight excluding hydrogens is 230 g/mol. The maximum Gasteiger partial charge on any atom is 0.319 e. The summed E-state index contributed by atoms with van der Waals surface area (Å²) < 4.78 is 0. The quantitative estimate of drug-likeness (QED) is 0.556. The van der Waals surface area contributed by atoms with Gasteiger partial charge >= 0.3 is 6.03 Å². The van der Waals surface area contributed by atoms with Crippen LogP contribution in [0.25, 0.3) is 0 Å². The van der Waals surface area contributed by atoms with Crippen molar-refractivity contribution in [1.29, 1.82) is 0 Å². The number of nitrogens with one attached hydrogen (secondary N) is 2. The minimum absolute atomic E-state index is 0.0619. The Balaban J connectivity index is 2.74. The van der Waals surface area contributed by atoms with Gasteiger partial charge in [-0.1, -0.05) is 19.4 Å². The van der Waals surface area contributed by atoms with Gasteiger partial charge in [-0.2, -0.15) is 0 Å². The monoisotopic (exact) mass is 251 g/mol. The highest BCUT2D eigenvalue weighted by Crippen LogP contribution is 2.32. The molecule has 0 aliphatic heterocycles. The summed E-state index contributed by atoms with van der Waals surface area (Å²) in [6, 6.07) is 4.83. The van der Waals surface area contributed by atoms with Gasteiger partial charge in [-0.15, -0.1) is 0 Å². The number of nitrogens with zero attached hydrogens (tertiary/aromatic N) is 1. The second-order valence-corrected chi connectivity index (χ2v) is 4.30. The summed E-state index contributed by atoms with van der Waals surface area (Å²) in [5, 5.41) is 15.2. The maximum atomic E-state index is 11.7. The number of hydrogen-bond donors (Lipinski definition) is 3. The Morgan fingerprint density at radius 3 is 2.72 bits per heavy atom. The number of unbranched alkanes of at least 4 members (excludes halogenated alkanes) is 1. The Morgan fingerprint density at radius 1 is 1.39 bits per heavy atom. The second-order valence-electron chi connectivity index (χ2n) is 4.30. The molecule has 0 atom stereocenters. The fourth-order valence-electron chi connectivity index (χ4n) is 1.57. The zero-order valence-electron chi connectivity index (χ0n) is 11.2. The minimum atomic E-state index is -0.298. The lowest BCUT2D eigenvalue weighted by atomic mass is 10.2. The van der Waals surface area contributed by atoms with Gasteiger partial charge < -0.3 is 20.6 Å². The molecule has 1 aromatic carbocycles. The lowest BCUT2D eigenvalue weighted by molar-refractivity contribution is 0.252. The summed E-state index contributed by atoms with van der Waals surface area (Å²) in [6.07, 6.45) is 1.97. The largest absolute Gasteiger partial charge is 0.506 e. The molecule has 100 valence electrons. The van der Waals surface area contributed by atoms with Crippen molar-refractivity contribution in [2.24, 2.45) is 0 Å². The van der Waals surface area contributed by atoms with Gasteiger partial charge in [0.15, 0.2) is 0 Å². The number of para-hydroxylation sites is 1. The molecule has 0 heterocycles. The van der Waals surface area contributed by atoms with Crippen LogP contribution in [0, 0.1) is 0 Å².